The number of hydrogen-bond donors (Lipinski definition) is 1. The predicted molar refractivity (Wildman–Crippen MR) is 87.9 cm³/mol. The van der Waals surface area contributed by atoms with Crippen LogP contribution < -0.4 is 10.5 Å². The van der Waals surface area contributed by atoms with Crippen LogP contribution in [-0.4, -0.2) is 18.9 Å². The molecule has 5 nitrogen and oxygen atoms in total. The van der Waals surface area contributed by atoms with Gasteiger partial charge >= 0.3 is 5.97 Å². The summed E-state index contributed by atoms with van der Waals surface area (Å²) >= 11 is 3.29. The van der Waals surface area contributed by atoms with Crippen LogP contribution in [0.4, 0.5) is 0 Å². The Kier molecular flexibility index (Phi) is 5.55. The van der Waals surface area contributed by atoms with Gasteiger partial charge in [0, 0.05) is 16.5 Å². The molecule has 2 aromatic carbocycles. The maximum Gasteiger partial charge on any atom is 0.365 e. The van der Waals surface area contributed by atoms with Crippen LogP contribution in [0, 0.1) is 0 Å². The number of para-hydroxylation sites is 1. The first kappa shape index (κ1) is 16.0. The Labute approximate surface area is 136 Å². The fourth-order valence-electron chi connectivity index (χ4n) is 1.84. The van der Waals surface area contributed by atoms with E-state index < -0.39 is 5.97 Å². The summed E-state index contributed by atoms with van der Waals surface area (Å²) in [6.07, 6.45) is 0.329. The van der Waals surface area contributed by atoms with Gasteiger partial charge in [-0.25, -0.2) is 4.79 Å². The number of halogens is 1. The lowest BCUT2D eigenvalue weighted by Gasteiger charge is -2.07. The van der Waals surface area contributed by atoms with Crippen molar-refractivity contribution in [2.45, 2.75) is 6.42 Å². The van der Waals surface area contributed by atoms with Gasteiger partial charge in [0.2, 0.25) is 0 Å². The Morgan fingerprint density at radius 3 is 2.73 bits per heavy atom. The molecule has 0 aromatic heterocycles. The number of carbonyl (C=O) groups excluding carboxylic acids is 1. The van der Waals surface area contributed by atoms with Crippen LogP contribution >= 0.6 is 15.9 Å². The van der Waals surface area contributed by atoms with Gasteiger partial charge in [0.1, 0.15) is 11.6 Å². The Morgan fingerprint density at radius 1 is 1.23 bits per heavy atom. The third-order valence-electron chi connectivity index (χ3n) is 2.87. The van der Waals surface area contributed by atoms with Crippen LogP contribution in [0.25, 0.3) is 0 Å². The van der Waals surface area contributed by atoms with E-state index in [2.05, 4.69) is 21.1 Å². The van der Waals surface area contributed by atoms with Crippen molar-refractivity contribution < 1.29 is 14.4 Å². The second-order valence-electron chi connectivity index (χ2n) is 4.46. The average Bonchev–Trinajstić information content (AvgIpc) is 2.53. The van der Waals surface area contributed by atoms with E-state index in [1.165, 1.54) is 0 Å². The highest BCUT2D eigenvalue weighted by molar-refractivity contribution is 9.10. The summed E-state index contributed by atoms with van der Waals surface area (Å²) in [5.74, 6) is 0.330. The zero-order chi connectivity index (χ0) is 15.9. The Morgan fingerprint density at radius 2 is 2.00 bits per heavy atom. The number of nitrogens with zero attached hydrogens (tertiary/aromatic N) is 1. The van der Waals surface area contributed by atoms with E-state index in [4.69, 9.17) is 15.3 Å². The fraction of sp³-hybridized carbons (Fsp3) is 0.125. The van der Waals surface area contributed by atoms with Gasteiger partial charge in [0.15, 0.2) is 0 Å². The fourth-order valence-corrected chi connectivity index (χ4v) is 2.24. The lowest BCUT2D eigenvalue weighted by atomic mass is 10.1. The summed E-state index contributed by atoms with van der Waals surface area (Å²) in [5, 5.41) is 3.67. The minimum absolute atomic E-state index is 0.188. The van der Waals surface area contributed by atoms with E-state index in [-0.39, 0.29) is 5.84 Å². The van der Waals surface area contributed by atoms with E-state index in [0.717, 1.165) is 10.0 Å². The number of ether oxygens (including phenoxy) is 1. The molecule has 0 aliphatic rings. The maximum atomic E-state index is 11.8. The van der Waals surface area contributed by atoms with Crippen molar-refractivity contribution in [3.8, 4) is 5.75 Å². The molecule has 0 saturated carbocycles. The molecule has 2 rings (SSSR count). The molecule has 0 radical (unpaired) electrons. The van der Waals surface area contributed by atoms with Crippen molar-refractivity contribution >= 4 is 27.7 Å². The van der Waals surface area contributed by atoms with E-state index in [1.54, 1.807) is 25.3 Å². The highest BCUT2D eigenvalue weighted by Gasteiger charge is 2.09. The summed E-state index contributed by atoms with van der Waals surface area (Å²) in [6, 6.07) is 14.3. The molecule has 0 heterocycles. The highest BCUT2D eigenvalue weighted by atomic mass is 79.9. The van der Waals surface area contributed by atoms with Crippen molar-refractivity contribution in [2.24, 2.45) is 10.9 Å². The van der Waals surface area contributed by atoms with Crippen LogP contribution in [0.3, 0.4) is 0 Å². The Hall–Kier alpha value is -2.34. The van der Waals surface area contributed by atoms with Crippen molar-refractivity contribution in [3.05, 3.63) is 64.1 Å². The zero-order valence-corrected chi connectivity index (χ0v) is 13.5. The van der Waals surface area contributed by atoms with Crippen molar-refractivity contribution in [2.75, 3.05) is 7.11 Å². The Bertz CT molecular complexity index is 701. The molecule has 0 aliphatic carbocycles. The molecule has 2 N–H and O–H groups in total. The van der Waals surface area contributed by atoms with Gasteiger partial charge in [0.25, 0.3) is 0 Å². The second kappa shape index (κ2) is 7.61. The lowest BCUT2D eigenvalue weighted by molar-refractivity contribution is 0.0515. The molecule has 6 heteroatoms. The first-order valence-electron chi connectivity index (χ1n) is 6.51. The van der Waals surface area contributed by atoms with Gasteiger partial charge in [-0.1, -0.05) is 45.4 Å². The number of nitrogens with two attached hydrogens (primary N) is 1. The molecule has 0 fully saturated rings. The summed E-state index contributed by atoms with van der Waals surface area (Å²) in [6.45, 7) is 0. The predicted octanol–water partition coefficient (Wildman–Crippen LogP) is 3.13. The van der Waals surface area contributed by atoms with Crippen LogP contribution in [-0.2, 0) is 11.3 Å². The number of benzene rings is 2. The van der Waals surface area contributed by atoms with Gasteiger partial charge < -0.3 is 15.3 Å². The van der Waals surface area contributed by atoms with E-state index in [9.17, 15) is 4.79 Å². The van der Waals surface area contributed by atoms with E-state index in [0.29, 0.717) is 17.7 Å². The maximum absolute atomic E-state index is 11.8. The number of rotatable bonds is 5. The third kappa shape index (κ3) is 4.33. The molecular formula is C16H15BrN2O3. The van der Waals surface area contributed by atoms with Gasteiger partial charge in [-0.2, -0.15) is 0 Å². The quantitative estimate of drug-likeness (QED) is 0.383. The van der Waals surface area contributed by atoms with Crippen LogP contribution in [0.5, 0.6) is 5.75 Å². The van der Waals surface area contributed by atoms with Crippen LogP contribution in [0.1, 0.15) is 15.9 Å². The minimum atomic E-state index is -0.565. The molecular weight excluding hydrogens is 348 g/mol. The molecule has 0 amide bonds. The number of hydrogen-bond acceptors (Lipinski definition) is 4. The normalized spacial score (nSPS) is 11.1. The largest absolute Gasteiger partial charge is 0.496 e. The van der Waals surface area contributed by atoms with Gasteiger partial charge in [-0.05, 0) is 24.3 Å². The molecule has 2 aromatic rings. The SMILES string of the molecule is COc1ccccc1C/C(N)=N/OC(=O)c1cccc(Br)c1. The second-order valence-corrected chi connectivity index (χ2v) is 5.38. The van der Waals surface area contributed by atoms with Gasteiger partial charge in [-0.15, -0.1) is 0 Å². The highest BCUT2D eigenvalue weighted by Crippen LogP contribution is 2.17. The molecule has 0 unspecified atom stereocenters. The summed E-state index contributed by atoms with van der Waals surface area (Å²) in [5.41, 5.74) is 7.05. The molecule has 0 spiro atoms. The number of amidine groups is 1. The third-order valence-corrected chi connectivity index (χ3v) is 3.36. The van der Waals surface area contributed by atoms with E-state index >= 15 is 0 Å². The monoisotopic (exact) mass is 362 g/mol. The molecule has 0 aliphatic heterocycles. The Balaban J connectivity index is 2.02. The van der Waals surface area contributed by atoms with Crippen molar-refractivity contribution in [1.82, 2.24) is 0 Å². The summed E-state index contributed by atoms with van der Waals surface area (Å²) in [7, 11) is 1.58. The first-order chi connectivity index (χ1) is 10.6. The first-order valence-corrected chi connectivity index (χ1v) is 7.30. The molecule has 0 bridgehead atoms. The van der Waals surface area contributed by atoms with E-state index in [1.807, 2.05) is 30.3 Å². The topological polar surface area (TPSA) is 73.9 Å². The number of oxime groups is 1. The lowest BCUT2D eigenvalue weighted by Crippen LogP contribution is -2.17. The zero-order valence-electron chi connectivity index (χ0n) is 12.0. The summed E-state index contributed by atoms with van der Waals surface area (Å²) in [4.78, 5) is 16.7. The standard InChI is InChI=1S/C16H15BrN2O3/c1-21-14-8-3-2-5-11(14)10-15(18)19-22-16(20)12-6-4-7-13(17)9-12/h2-9H,10H2,1H3,(H2,18,19). The smallest absolute Gasteiger partial charge is 0.365 e. The molecule has 114 valence electrons. The van der Waals surface area contributed by atoms with Crippen LogP contribution in [0.2, 0.25) is 0 Å². The number of carbonyl (C=O) groups is 1. The summed E-state index contributed by atoms with van der Waals surface area (Å²) < 4.78 is 6.02. The van der Waals surface area contributed by atoms with Gasteiger partial charge in [0.05, 0.1) is 12.7 Å². The molecule has 0 atom stereocenters. The number of methoxy groups -OCH3 is 1. The molecule has 22 heavy (non-hydrogen) atoms. The van der Waals surface area contributed by atoms with Crippen molar-refractivity contribution in [3.63, 3.8) is 0 Å². The van der Waals surface area contributed by atoms with Crippen molar-refractivity contribution in [1.29, 1.82) is 0 Å². The van der Waals surface area contributed by atoms with Crippen LogP contribution in [0.15, 0.2) is 58.2 Å². The molecule has 0 saturated heterocycles. The minimum Gasteiger partial charge on any atom is -0.496 e. The van der Waals surface area contributed by atoms with Gasteiger partial charge in [-0.3, -0.25) is 0 Å². The average molecular weight is 363 g/mol.